The summed E-state index contributed by atoms with van der Waals surface area (Å²) in [4.78, 5) is 12.7. The molecular formula is C12H17N3OS. The van der Waals surface area contributed by atoms with Gasteiger partial charge in [0.15, 0.2) is 5.96 Å². The summed E-state index contributed by atoms with van der Waals surface area (Å²) in [6.45, 7) is 4.23. The van der Waals surface area contributed by atoms with E-state index in [-0.39, 0.29) is 11.9 Å². The van der Waals surface area contributed by atoms with Gasteiger partial charge in [-0.1, -0.05) is 19.9 Å². The first-order valence-electron chi connectivity index (χ1n) is 5.29. The predicted molar refractivity (Wildman–Crippen MR) is 71.7 cm³/mol. The predicted octanol–water partition coefficient (Wildman–Crippen LogP) is 2.16. The molecule has 0 fully saturated rings. The Labute approximate surface area is 105 Å². The van der Waals surface area contributed by atoms with Crippen LogP contribution in [0, 0.1) is 5.41 Å². The molecule has 0 aliphatic rings. The summed E-state index contributed by atoms with van der Waals surface area (Å²) < 4.78 is 0. The lowest BCUT2D eigenvalue weighted by Crippen LogP contribution is -2.35. The van der Waals surface area contributed by atoms with Crippen LogP contribution in [-0.2, 0) is 0 Å². The molecule has 5 heteroatoms. The molecule has 0 aliphatic carbocycles. The van der Waals surface area contributed by atoms with Crippen LogP contribution in [0.4, 0.5) is 0 Å². The van der Waals surface area contributed by atoms with Crippen LogP contribution < -0.4 is 11.1 Å². The van der Waals surface area contributed by atoms with Gasteiger partial charge in [-0.3, -0.25) is 15.5 Å². The summed E-state index contributed by atoms with van der Waals surface area (Å²) in [7, 11) is 0. The van der Waals surface area contributed by atoms with Gasteiger partial charge >= 0.3 is 0 Å². The highest BCUT2D eigenvalue weighted by Gasteiger charge is 2.11. The van der Waals surface area contributed by atoms with Gasteiger partial charge in [-0.05, 0) is 29.9 Å². The number of guanidine groups is 1. The van der Waals surface area contributed by atoms with Crippen LogP contribution in [0.25, 0.3) is 0 Å². The highest BCUT2D eigenvalue weighted by Crippen LogP contribution is 2.27. The van der Waals surface area contributed by atoms with E-state index in [1.165, 1.54) is 5.56 Å². The third-order valence-corrected chi connectivity index (χ3v) is 3.16. The molecule has 0 radical (unpaired) electrons. The molecular weight excluding hydrogens is 234 g/mol. The lowest BCUT2D eigenvalue weighted by molar-refractivity contribution is 0.0976. The molecule has 0 aliphatic heterocycles. The molecule has 1 aromatic carbocycles. The van der Waals surface area contributed by atoms with Gasteiger partial charge in [-0.25, -0.2) is 0 Å². The maximum absolute atomic E-state index is 11.7. The Hall–Kier alpha value is -1.49. The first-order valence-corrected chi connectivity index (χ1v) is 6.51. The van der Waals surface area contributed by atoms with Gasteiger partial charge < -0.3 is 5.73 Å². The Kier molecular flexibility index (Phi) is 4.57. The standard InChI is InChI=1S/C12H17N3OS/c1-7(2)9-5-4-8(6-10(9)17-3)11(16)15-12(13)14/h4-7H,1-3H3,(H4,13,14,15,16). The zero-order valence-electron chi connectivity index (χ0n) is 10.2. The van der Waals surface area contributed by atoms with Gasteiger partial charge in [0, 0.05) is 10.5 Å². The van der Waals surface area contributed by atoms with Crippen LogP contribution in [0.3, 0.4) is 0 Å². The van der Waals surface area contributed by atoms with Gasteiger partial charge in [-0.2, -0.15) is 0 Å². The van der Waals surface area contributed by atoms with Crippen molar-refractivity contribution in [3.8, 4) is 0 Å². The highest BCUT2D eigenvalue weighted by atomic mass is 32.2. The average Bonchev–Trinajstić information content (AvgIpc) is 2.27. The second kappa shape index (κ2) is 5.72. The molecule has 0 saturated carbocycles. The number of rotatable bonds is 3. The number of benzene rings is 1. The van der Waals surface area contributed by atoms with Gasteiger partial charge in [0.25, 0.3) is 5.91 Å². The summed E-state index contributed by atoms with van der Waals surface area (Å²) in [5.41, 5.74) is 6.87. The van der Waals surface area contributed by atoms with Gasteiger partial charge in [0.05, 0.1) is 0 Å². The van der Waals surface area contributed by atoms with Crippen molar-refractivity contribution in [2.45, 2.75) is 24.7 Å². The van der Waals surface area contributed by atoms with Crippen molar-refractivity contribution < 1.29 is 4.79 Å². The molecule has 0 aromatic heterocycles. The lowest BCUT2D eigenvalue weighted by Gasteiger charge is -2.12. The van der Waals surface area contributed by atoms with E-state index in [1.807, 2.05) is 18.4 Å². The fourth-order valence-electron chi connectivity index (χ4n) is 1.52. The van der Waals surface area contributed by atoms with Crippen LogP contribution >= 0.6 is 11.8 Å². The van der Waals surface area contributed by atoms with Gasteiger partial charge in [-0.15, -0.1) is 11.8 Å². The van der Waals surface area contributed by atoms with Crippen molar-refractivity contribution in [1.29, 1.82) is 5.41 Å². The van der Waals surface area contributed by atoms with E-state index < -0.39 is 0 Å². The topological polar surface area (TPSA) is 79.0 Å². The molecule has 1 aromatic rings. The number of nitrogens with one attached hydrogen (secondary N) is 2. The van der Waals surface area contributed by atoms with Crippen molar-refractivity contribution >= 4 is 23.6 Å². The number of amides is 1. The quantitative estimate of drug-likeness (QED) is 0.437. The Bertz CT molecular complexity index is 443. The Balaban J connectivity index is 3.05. The van der Waals surface area contributed by atoms with E-state index in [2.05, 4.69) is 19.2 Å². The molecule has 0 spiro atoms. The summed E-state index contributed by atoms with van der Waals surface area (Å²) >= 11 is 1.61. The largest absolute Gasteiger partial charge is 0.370 e. The molecule has 92 valence electrons. The maximum atomic E-state index is 11.7. The van der Waals surface area contributed by atoms with Crippen LogP contribution in [-0.4, -0.2) is 18.1 Å². The minimum absolute atomic E-state index is 0.339. The van der Waals surface area contributed by atoms with Crippen molar-refractivity contribution in [2.75, 3.05) is 6.26 Å². The molecule has 17 heavy (non-hydrogen) atoms. The Morgan fingerprint density at radius 3 is 2.59 bits per heavy atom. The molecule has 1 amide bonds. The van der Waals surface area contributed by atoms with Gasteiger partial charge in [0.2, 0.25) is 0 Å². The van der Waals surface area contributed by atoms with Gasteiger partial charge in [0.1, 0.15) is 0 Å². The number of thioether (sulfide) groups is 1. The second-order valence-corrected chi connectivity index (χ2v) is 4.83. The molecule has 1 rings (SSSR count). The van der Waals surface area contributed by atoms with E-state index in [1.54, 1.807) is 17.8 Å². The SMILES string of the molecule is CSc1cc(C(=O)NC(=N)N)ccc1C(C)C. The molecule has 0 bridgehead atoms. The van der Waals surface area contributed by atoms with E-state index in [9.17, 15) is 4.79 Å². The molecule has 0 atom stereocenters. The smallest absolute Gasteiger partial charge is 0.257 e. The average molecular weight is 251 g/mol. The number of carbonyl (C=O) groups is 1. The van der Waals surface area contributed by atoms with Crippen LogP contribution in [0.1, 0.15) is 35.7 Å². The van der Waals surface area contributed by atoms with Crippen LogP contribution in [0.15, 0.2) is 23.1 Å². The van der Waals surface area contributed by atoms with E-state index in [0.717, 1.165) is 4.90 Å². The second-order valence-electron chi connectivity index (χ2n) is 3.98. The minimum Gasteiger partial charge on any atom is -0.370 e. The van der Waals surface area contributed by atoms with Crippen molar-refractivity contribution in [1.82, 2.24) is 5.32 Å². The van der Waals surface area contributed by atoms with E-state index in [4.69, 9.17) is 11.1 Å². The van der Waals surface area contributed by atoms with Crippen molar-refractivity contribution in [3.05, 3.63) is 29.3 Å². The first kappa shape index (κ1) is 13.6. The molecule has 0 unspecified atom stereocenters. The molecule has 4 N–H and O–H groups in total. The molecule has 0 heterocycles. The van der Waals surface area contributed by atoms with Crippen molar-refractivity contribution in [2.24, 2.45) is 5.73 Å². The number of carbonyl (C=O) groups excluding carboxylic acids is 1. The third kappa shape index (κ3) is 3.49. The molecule has 4 nitrogen and oxygen atoms in total. The lowest BCUT2D eigenvalue weighted by atomic mass is 10.0. The summed E-state index contributed by atoms with van der Waals surface area (Å²) in [6.07, 6.45) is 1.98. The summed E-state index contributed by atoms with van der Waals surface area (Å²) in [5.74, 6) is -0.265. The Morgan fingerprint density at radius 1 is 1.47 bits per heavy atom. The highest BCUT2D eigenvalue weighted by molar-refractivity contribution is 7.98. The monoisotopic (exact) mass is 251 g/mol. The number of hydrogen-bond donors (Lipinski definition) is 3. The summed E-state index contributed by atoms with van der Waals surface area (Å²) in [5, 5.41) is 9.30. The minimum atomic E-state index is -0.344. The fraction of sp³-hybridized carbons (Fsp3) is 0.333. The Morgan fingerprint density at radius 2 is 2.12 bits per heavy atom. The van der Waals surface area contributed by atoms with E-state index >= 15 is 0 Å². The fourth-order valence-corrected chi connectivity index (χ4v) is 2.31. The zero-order valence-corrected chi connectivity index (χ0v) is 11.0. The van der Waals surface area contributed by atoms with Crippen LogP contribution in [0.5, 0.6) is 0 Å². The van der Waals surface area contributed by atoms with E-state index in [0.29, 0.717) is 11.5 Å². The number of nitrogens with two attached hydrogens (primary N) is 1. The van der Waals surface area contributed by atoms with Crippen LogP contribution in [0.2, 0.25) is 0 Å². The number of hydrogen-bond acceptors (Lipinski definition) is 3. The zero-order chi connectivity index (χ0) is 13.0. The maximum Gasteiger partial charge on any atom is 0.257 e. The molecule has 0 saturated heterocycles. The first-order chi connectivity index (χ1) is 7.95. The van der Waals surface area contributed by atoms with Crippen molar-refractivity contribution in [3.63, 3.8) is 0 Å². The normalized spacial score (nSPS) is 10.4. The third-order valence-electron chi connectivity index (χ3n) is 2.37. The summed E-state index contributed by atoms with van der Waals surface area (Å²) in [6, 6.07) is 5.54.